The van der Waals surface area contributed by atoms with Crippen molar-refractivity contribution in [3.05, 3.63) is 24.0 Å². The van der Waals surface area contributed by atoms with E-state index in [-0.39, 0.29) is 0 Å². The van der Waals surface area contributed by atoms with Crippen molar-refractivity contribution in [3.8, 4) is 6.07 Å². The summed E-state index contributed by atoms with van der Waals surface area (Å²) in [4.78, 5) is 0. The average molecular weight is 241 g/mol. The molecule has 0 amide bonds. The van der Waals surface area contributed by atoms with Crippen molar-refractivity contribution in [2.24, 2.45) is 0 Å². The molecule has 1 heterocycles. The Kier molecular flexibility index (Phi) is 4.63. The Morgan fingerprint density at radius 1 is 1.38 bits per heavy atom. The van der Waals surface area contributed by atoms with E-state index in [1.165, 1.54) is 12.8 Å². The summed E-state index contributed by atoms with van der Waals surface area (Å²) in [5.74, 6) is 0. The van der Waals surface area contributed by atoms with Crippen LogP contribution in [0.2, 0.25) is 0 Å². The highest BCUT2D eigenvalue weighted by Gasteiger charge is 1.97. The van der Waals surface area contributed by atoms with Crippen molar-refractivity contribution in [1.29, 1.82) is 5.26 Å². The summed E-state index contributed by atoms with van der Waals surface area (Å²) < 4.78 is 2.01. The predicted octanol–water partition coefficient (Wildman–Crippen LogP) is 2.92. The second-order valence-electron chi connectivity index (χ2n) is 2.95. The van der Waals surface area contributed by atoms with Gasteiger partial charge in [0.2, 0.25) is 0 Å². The van der Waals surface area contributed by atoms with Crippen LogP contribution in [0.15, 0.2) is 18.3 Å². The van der Waals surface area contributed by atoms with Gasteiger partial charge in [0.25, 0.3) is 0 Å². The Morgan fingerprint density at radius 3 is 2.92 bits per heavy atom. The zero-order valence-electron chi connectivity index (χ0n) is 7.54. The van der Waals surface area contributed by atoms with Gasteiger partial charge >= 0.3 is 0 Å². The Labute approximate surface area is 87.3 Å². The first kappa shape index (κ1) is 10.3. The fraction of sp³-hybridized carbons (Fsp3) is 0.500. The van der Waals surface area contributed by atoms with Crippen molar-refractivity contribution in [1.82, 2.24) is 4.57 Å². The SMILES string of the molecule is N#Cc1cccn1CCCCCBr. The molecule has 0 bridgehead atoms. The van der Waals surface area contributed by atoms with E-state index in [4.69, 9.17) is 5.26 Å². The molecular weight excluding hydrogens is 228 g/mol. The zero-order valence-corrected chi connectivity index (χ0v) is 9.13. The lowest BCUT2D eigenvalue weighted by Gasteiger charge is -2.03. The third kappa shape index (κ3) is 3.23. The monoisotopic (exact) mass is 240 g/mol. The van der Waals surface area contributed by atoms with Crippen LogP contribution in [0, 0.1) is 11.3 Å². The number of nitrogens with zero attached hydrogens (tertiary/aromatic N) is 2. The van der Waals surface area contributed by atoms with Gasteiger partial charge in [-0.05, 0) is 25.0 Å². The molecule has 3 heteroatoms. The molecule has 1 rings (SSSR count). The second kappa shape index (κ2) is 5.82. The molecular formula is C10H13BrN2. The molecule has 0 atom stereocenters. The molecule has 0 aliphatic carbocycles. The van der Waals surface area contributed by atoms with Gasteiger partial charge in [-0.15, -0.1) is 0 Å². The number of nitriles is 1. The lowest BCUT2D eigenvalue weighted by molar-refractivity contribution is 0.603. The summed E-state index contributed by atoms with van der Waals surface area (Å²) in [5.41, 5.74) is 0.763. The van der Waals surface area contributed by atoms with Crippen LogP contribution >= 0.6 is 15.9 Å². The highest BCUT2D eigenvalue weighted by atomic mass is 79.9. The van der Waals surface area contributed by atoms with Gasteiger partial charge in [0.05, 0.1) is 0 Å². The van der Waals surface area contributed by atoms with Crippen molar-refractivity contribution < 1.29 is 0 Å². The fourth-order valence-corrected chi connectivity index (χ4v) is 1.66. The number of rotatable bonds is 5. The lowest BCUT2D eigenvalue weighted by atomic mass is 10.2. The molecule has 0 aliphatic heterocycles. The Morgan fingerprint density at radius 2 is 2.23 bits per heavy atom. The largest absolute Gasteiger partial charge is 0.339 e. The number of unbranched alkanes of at least 4 members (excludes halogenated alkanes) is 2. The van der Waals surface area contributed by atoms with Crippen LogP contribution in [-0.4, -0.2) is 9.90 Å². The molecule has 0 radical (unpaired) electrons. The molecule has 1 aromatic rings. The highest BCUT2D eigenvalue weighted by molar-refractivity contribution is 9.09. The van der Waals surface area contributed by atoms with Crippen LogP contribution in [0.3, 0.4) is 0 Å². The molecule has 2 nitrogen and oxygen atoms in total. The molecule has 0 fully saturated rings. The minimum Gasteiger partial charge on any atom is -0.339 e. The van der Waals surface area contributed by atoms with Gasteiger partial charge in [-0.3, -0.25) is 0 Å². The van der Waals surface area contributed by atoms with Gasteiger partial charge in [0, 0.05) is 18.1 Å². The molecule has 0 aromatic carbocycles. The number of halogens is 1. The van der Waals surface area contributed by atoms with E-state index in [0.717, 1.165) is 24.0 Å². The number of aromatic nitrogens is 1. The molecule has 1 aromatic heterocycles. The Bertz CT molecular complexity index is 285. The fourth-order valence-electron chi connectivity index (χ4n) is 1.26. The van der Waals surface area contributed by atoms with Gasteiger partial charge in [0.1, 0.15) is 11.8 Å². The molecule has 0 saturated heterocycles. The maximum atomic E-state index is 8.73. The number of aryl methyl sites for hydroxylation is 1. The summed E-state index contributed by atoms with van der Waals surface area (Å²) >= 11 is 3.40. The van der Waals surface area contributed by atoms with Crippen LogP contribution in [0.25, 0.3) is 0 Å². The molecule has 0 N–H and O–H groups in total. The molecule has 70 valence electrons. The summed E-state index contributed by atoms with van der Waals surface area (Å²) in [6, 6.07) is 5.94. The van der Waals surface area contributed by atoms with Gasteiger partial charge < -0.3 is 4.57 Å². The lowest BCUT2D eigenvalue weighted by Crippen LogP contribution is -1.98. The van der Waals surface area contributed by atoms with E-state index in [1.54, 1.807) is 0 Å². The third-order valence-electron chi connectivity index (χ3n) is 1.98. The van der Waals surface area contributed by atoms with Crippen LogP contribution in [0.1, 0.15) is 25.0 Å². The summed E-state index contributed by atoms with van der Waals surface area (Å²) in [6.45, 7) is 0.961. The van der Waals surface area contributed by atoms with Gasteiger partial charge in [0.15, 0.2) is 0 Å². The molecule has 0 spiro atoms. The summed E-state index contributed by atoms with van der Waals surface area (Å²) in [5, 5.41) is 9.80. The van der Waals surface area contributed by atoms with Crippen molar-refractivity contribution in [3.63, 3.8) is 0 Å². The Hall–Kier alpha value is -0.750. The molecule has 0 unspecified atom stereocenters. The quantitative estimate of drug-likeness (QED) is 0.575. The highest BCUT2D eigenvalue weighted by Crippen LogP contribution is 2.05. The number of hydrogen-bond acceptors (Lipinski definition) is 1. The standard InChI is InChI=1S/C10H13BrN2/c11-6-2-1-3-7-13-8-4-5-10(13)9-12/h4-5,8H,1-3,6-7H2. The van der Waals surface area contributed by atoms with E-state index >= 15 is 0 Å². The van der Waals surface area contributed by atoms with Crippen molar-refractivity contribution in [2.45, 2.75) is 25.8 Å². The second-order valence-corrected chi connectivity index (χ2v) is 3.74. The van der Waals surface area contributed by atoms with Crippen LogP contribution in [0.5, 0.6) is 0 Å². The first-order valence-electron chi connectivity index (χ1n) is 4.49. The molecule has 0 saturated carbocycles. The van der Waals surface area contributed by atoms with Gasteiger partial charge in [-0.2, -0.15) is 5.26 Å². The molecule has 0 aliphatic rings. The van der Waals surface area contributed by atoms with Crippen molar-refractivity contribution in [2.75, 3.05) is 5.33 Å². The van der Waals surface area contributed by atoms with E-state index in [2.05, 4.69) is 22.0 Å². The average Bonchev–Trinajstić information content (AvgIpc) is 2.60. The normalized spacial score (nSPS) is 9.85. The maximum absolute atomic E-state index is 8.73. The van der Waals surface area contributed by atoms with Crippen molar-refractivity contribution >= 4 is 15.9 Å². The topological polar surface area (TPSA) is 28.7 Å². The smallest absolute Gasteiger partial charge is 0.120 e. The summed E-state index contributed by atoms with van der Waals surface area (Å²) in [7, 11) is 0. The van der Waals surface area contributed by atoms with E-state index < -0.39 is 0 Å². The minimum absolute atomic E-state index is 0.763. The summed E-state index contributed by atoms with van der Waals surface area (Å²) in [6.07, 6.45) is 5.54. The zero-order chi connectivity index (χ0) is 9.52. The van der Waals surface area contributed by atoms with Crippen LogP contribution in [-0.2, 0) is 6.54 Å². The Balaban J connectivity index is 2.33. The van der Waals surface area contributed by atoms with Gasteiger partial charge in [-0.25, -0.2) is 0 Å². The predicted molar refractivity (Wildman–Crippen MR) is 56.8 cm³/mol. The van der Waals surface area contributed by atoms with Crippen LogP contribution in [0.4, 0.5) is 0 Å². The maximum Gasteiger partial charge on any atom is 0.120 e. The molecule has 13 heavy (non-hydrogen) atoms. The van der Waals surface area contributed by atoms with E-state index in [1.807, 2.05) is 22.9 Å². The first-order chi connectivity index (χ1) is 6.38. The van der Waals surface area contributed by atoms with Crippen LogP contribution < -0.4 is 0 Å². The third-order valence-corrected chi connectivity index (χ3v) is 2.54. The minimum atomic E-state index is 0.763. The first-order valence-corrected chi connectivity index (χ1v) is 5.62. The number of alkyl halides is 1. The van der Waals surface area contributed by atoms with E-state index in [0.29, 0.717) is 0 Å². The number of hydrogen-bond donors (Lipinski definition) is 0. The van der Waals surface area contributed by atoms with Gasteiger partial charge in [-0.1, -0.05) is 22.4 Å². The van der Waals surface area contributed by atoms with E-state index in [9.17, 15) is 0 Å².